The largest absolute Gasteiger partial charge is 0.481 e. The Morgan fingerprint density at radius 1 is 0.500 bits per heavy atom. The molecule has 2 atom stereocenters. The van der Waals surface area contributed by atoms with E-state index >= 15 is 0 Å². The molecule has 12 heteroatoms. The number of hydrogen-bond donors (Lipinski definition) is 4. The van der Waals surface area contributed by atoms with E-state index in [2.05, 4.69) is 75.8 Å². The van der Waals surface area contributed by atoms with E-state index in [9.17, 15) is 29.4 Å². The Balaban J connectivity index is 0.000000360. The standard InChI is InChI=1S/2C28H40N2O4/c2*1-19(2)16-30(17-20(3)4)26-12-11-23(24(18-34-6)15-28(32)33)14-25(26)29-27(31)13-22-9-7-21(5)8-10-22/h2*7-12,14,19-20,24H,13,15-18H2,1-6H3,(H,29,31)(H,32,33). The van der Waals surface area contributed by atoms with Gasteiger partial charge in [-0.2, -0.15) is 0 Å². The number of anilines is 4. The SMILES string of the molecule is COCC(CC(=O)O)c1ccc(N(CC(C)C)CC(C)C)c(NC(=O)Cc2ccc(C)cc2)c1.COCC(CC(=O)O)c1ccc(N(CC(C)C)CC(C)C)c(NC(=O)Cc2ccc(C)cc2)c1. The van der Waals surface area contributed by atoms with Crippen LogP contribution in [0.3, 0.4) is 0 Å². The first-order valence-electron chi connectivity index (χ1n) is 24.1. The van der Waals surface area contributed by atoms with Crippen LogP contribution in [-0.2, 0) is 41.5 Å². The molecule has 0 saturated carbocycles. The summed E-state index contributed by atoms with van der Waals surface area (Å²) in [4.78, 5) is 53.5. The van der Waals surface area contributed by atoms with Gasteiger partial charge in [0.25, 0.3) is 0 Å². The third-order valence-corrected chi connectivity index (χ3v) is 11.1. The minimum atomic E-state index is -0.877. The van der Waals surface area contributed by atoms with Gasteiger partial charge in [-0.05, 0) is 84.0 Å². The molecule has 0 bridgehead atoms. The highest BCUT2D eigenvalue weighted by atomic mass is 16.5. The molecule has 0 fully saturated rings. The topological polar surface area (TPSA) is 158 Å². The van der Waals surface area contributed by atoms with Crippen molar-refractivity contribution in [1.82, 2.24) is 0 Å². The number of carbonyl (C=O) groups is 4. The highest BCUT2D eigenvalue weighted by Crippen LogP contribution is 2.35. The van der Waals surface area contributed by atoms with Gasteiger partial charge in [-0.25, -0.2) is 0 Å². The van der Waals surface area contributed by atoms with E-state index in [4.69, 9.17) is 9.47 Å². The zero-order chi connectivity index (χ0) is 50.5. The fraction of sp³-hybridized carbons (Fsp3) is 0.500. The van der Waals surface area contributed by atoms with Gasteiger partial charge in [-0.3, -0.25) is 19.2 Å². The second-order valence-electron chi connectivity index (χ2n) is 19.9. The molecule has 0 aliphatic heterocycles. The molecule has 4 aromatic carbocycles. The average Bonchev–Trinajstić information content (AvgIpc) is 3.24. The highest BCUT2D eigenvalue weighted by Gasteiger charge is 2.23. The molecule has 2 amide bonds. The number of rotatable bonds is 26. The molecule has 372 valence electrons. The lowest BCUT2D eigenvalue weighted by atomic mass is 9.95. The van der Waals surface area contributed by atoms with Crippen molar-refractivity contribution in [3.63, 3.8) is 0 Å². The number of aryl methyl sites for hydroxylation is 2. The van der Waals surface area contributed by atoms with E-state index in [0.717, 1.165) is 70.9 Å². The van der Waals surface area contributed by atoms with Crippen LogP contribution in [0.1, 0.15) is 113 Å². The number of aliphatic carboxylic acids is 2. The van der Waals surface area contributed by atoms with Gasteiger partial charge >= 0.3 is 11.9 Å². The Morgan fingerprint density at radius 3 is 1.07 bits per heavy atom. The molecule has 0 aliphatic carbocycles. The molecule has 4 aromatic rings. The van der Waals surface area contributed by atoms with Gasteiger partial charge in [0.2, 0.25) is 11.8 Å². The van der Waals surface area contributed by atoms with Crippen molar-refractivity contribution in [3.05, 3.63) is 118 Å². The maximum Gasteiger partial charge on any atom is 0.304 e. The zero-order valence-corrected chi connectivity index (χ0v) is 42.9. The summed E-state index contributed by atoms with van der Waals surface area (Å²) in [5, 5.41) is 25.0. The van der Waals surface area contributed by atoms with E-state index in [0.29, 0.717) is 48.3 Å². The molecular formula is C56H80N4O8. The molecule has 4 rings (SSSR count). The summed E-state index contributed by atoms with van der Waals surface area (Å²) >= 11 is 0. The maximum atomic E-state index is 13.0. The molecule has 0 spiro atoms. The van der Waals surface area contributed by atoms with Crippen LogP contribution in [0.2, 0.25) is 0 Å². The third kappa shape index (κ3) is 20.2. The van der Waals surface area contributed by atoms with Gasteiger partial charge in [0.05, 0.1) is 61.6 Å². The van der Waals surface area contributed by atoms with Crippen LogP contribution in [-0.4, -0.2) is 87.6 Å². The van der Waals surface area contributed by atoms with Gasteiger partial charge in [0.15, 0.2) is 0 Å². The highest BCUT2D eigenvalue weighted by molar-refractivity contribution is 5.96. The second kappa shape index (κ2) is 28.6. The van der Waals surface area contributed by atoms with Crippen LogP contribution in [0.25, 0.3) is 0 Å². The van der Waals surface area contributed by atoms with Crippen molar-refractivity contribution in [2.24, 2.45) is 23.7 Å². The summed E-state index contributed by atoms with van der Waals surface area (Å²) in [7, 11) is 3.14. The van der Waals surface area contributed by atoms with E-state index in [1.807, 2.05) is 98.8 Å². The molecule has 0 saturated heterocycles. The minimum Gasteiger partial charge on any atom is -0.481 e. The fourth-order valence-electron chi connectivity index (χ4n) is 8.21. The number of hydrogen-bond acceptors (Lipinski definition) is 8. The lowest BCUT2D eigenvalue weighted by molar-refractivity contribution is -0.138. The van der Waals surface area contributed by atoms with E-state index in [-0.39, 0.29) is 49.3 Å². The molecule has 0 heterocycles. The first-order valence-corrected chi connectivity index (χ1v) is 24.1. The van der Waals surface area contributed by atoms with E-state index in [1.54, 1.807) is 14.2 Å². The smallest absolute Gasteiger partial charge is 0.304 e. The van der Waals surface area contributed by atoms with Crippen molar-refractivity contribution in [3.8, 4) is 0 Å². The van der Waals surface area contributed by atoms with Crippen molar-refractivity contribution in [2.45, 2.75) is 107 Å². The average molecular weight is 937 g/mol. The molecule has 12 nitrogen and oxygen atoms in total. The van der Waals surface area contributed by atoms with Crippen LogP contribution in [0, 0.1) is 37.5 Å². The molecule has 0 aromatic heterocycles. The predicted octanol–water partition coefficient (Wildman–Crippen LogP) is 11.0. The lowest BCUT2D eigenvalue weighted by Crippen LogP contribution is -2.32. The van der Waals surface area contributed by atoms with Crippen molar-refractivity contribution in [1.29, 1.82) is 0 Å². The maximum absolute atomic E-state index is 13.0. The van der Waals surface area contributed by atoms with Gasteiger partial charge in [0, 0.05) is 52.2 Å². The summed E-state index contributed by atoms with van der Waals surface area (Å²) in [5.74, 6) is -0.762. The van der Waals surface area contributed by atoms with Gasteiger partial charge in [-0.1, -0.05) is 127 Å². The number of nitrogens with one attached hydrogen (secondary N) is 2. The number of benzene rings is 4. The zero-order valence-electron chi connectivity index (χ0n) is 42.9. The number of carboxylic acid groups (broad SMARTS) is 2. The summed E-state index contributed by atoms with van der Waals surface area (Å²) in [6.07, 6.45) is 0.473. The quantitative estimate of drug-likeness (QED) is 0.0478. The number of amides is 2. The Labute approximate surface area is 406 Å². The fourth-order valence-corrected chi connectivity index (χ4v) is 8.21. The molecule has 0 aliphatic rings. The number of methoxy groups -OCH3 is 2. The first-order chi connectivity index (χ1) is 32.2. The van der Waals surface area contributed by atoms with Crippen molar-refractivity contribution >= 4 is 46.5 Å². The van der Waals surface area contributed by atoms with Crippen LogP contribution in [0.4, 0.5) is 22.7 Å². The first kappa shape index (κ1) is 56.6. The van der Waals surface area contributed by atoms with E-state index in [1.165, 1.54) is 0 Å². The number of carboxylic acids is 2. The Hall–Kier alpha value is -5.72. The lowest BCUT2D eigenvalue weighted by Gasteiger charge is -2.31. The summed E-state index contributed by atoms with van der Waals surface area (Å²) in [5.41, 5.74) is 9.21. The van der Waals surface area contributed by atoms with Crippen LogP contribution in [0.15, 0.2) is 84.9 Å². The predicted molar refractivity (Wildman–Crippen MR) is 277 cm³/mol. The van der Waals surface area contributed by atoms with Crippen LogP contribution >= 0.6 is 0 Å². The molecular weight excluding hydrogens is 857 g/mol. The number of ether oxygens (including phenoxy) is 2. The van der Waals surface area contributed by atoms with Crippen LogP contribution in [0.5, 0.6) is 0 Å². The number of nitrogens with zero attached hydrogens (tertiary/aromatic N) is 2. The van der Waals surface area contributed by atoms with Gasteiger partial charge in [-0.15, -0.1) is 0 Å². The monoisotopic (exact) mass is 937 g/mol. The van der Waals surface area contributed by atoms with Gasteiger partial charge < -0.3 is 40.1 Å². The molecule has 68 heavy (non-hydrogen) atoms. The molecule has 2 unspecified atom stereocenters. The molecule has 4 N–H and O–H groups in total. The summed E-state index contributed by atoms with van der Waals surface area (Å²) < 4.78 is 10.6. The number of carbonyl (C=O) groups excluding carboxylic acids is 2. The molecule has 0 radical (unpaired) electrons. The van der Waals surface area contributed by atoms with Crippen molar-refractivity contribution in [2.75, 3.05) is 74.0 Å². The minimum absolute atomic E-state index is 0.0361. The van der Waals surface area contributed by atoms with Crippen LogP contribution < -0.4 is 20.4 Å². The Bertz CT molecular complexity index is 2010. The van der Waals surface area contributed by atoms with Gasteiger partial charge in [0.1, 0.15) is 0 Å². The normalized spacial score (nSPS) is 12.1. The summed E-state index contributed by atoms with van der Waals surface area (Å²) in [6.45, 7) is 25.5. The Kier molecular flexibility index (Phi) is 23.8. The Morgan fingerprint density at radius 2 is 0.809 bits per heavy atom. The van der Waals surface area contributed by atoms with Crippen molar-refractivity contribution < 1.29 is 38.9 Å². The van der Waals surface area contributed by atoms with E-state index < -0.39 is 11.9 Å². The second-order valence-corrected chi connectivity index (χ2v) is 19.9. The third-order valence-electron chi connectivity index (χ3n) is 11.1. The summed E-state index contributed by atoms with van der Waals surface area (Å²) in [6, 6.07) is 27.7.